The van der Waals surface area contributed by atoms with Gasteiger partial charge < -0.3 is 15.4 Å². The molecule has 1 heterocycles. The zero-order valence-electron chi connectivity index (χ0n) is 12.7. The van der Waals surface area contributed by atoms with E-state index in [0.717, 1.165) is 0 Å². The molecule has 23 heavy (non-hydrogen) atoms. The van der Waals surface area contributed by atoms with Gasteiger partial charge in [0.1, 0.15) is 11.9 Å². The highest BCUT2D eigenvalue weighted by atomic mass is 19.1. The summed E-state index contributed by atoms with van der Waals surface area (Å²) >= 11 is 0. The predicted molar refractivity (Wildman–Crippen MR) is 80.0 cm³/mol. The summed E-state index contributed by atoms with van der Waals surface area (Å²) in [4.78, 5) is 37.0. The van der Waals surface area contributed by atoms with E-state index in [1.54, 1.807) is 11.0 Å². The second kappa shape index (κ2) is 7.68. The lowest BCUT2D eigenvalue weighted by molar-refractivity contribution is -0.146. The molecular weight excluding hydrogens is 305 g/mol. The molecule has 0 radical (unpaired) electrons. The van der Waals surface area contributed by atoms with Crippen molar-refractivity contribution in [2.75, 3.05) is 32.1 Å². The van der Waals surface area contributed by atoms with Crippen molar-refractivity contribution < 1.29 is 23.5 Å². The van der Waals surface area contributed by atoms with Crippen LogP contribution < -0.4 is 10.6 Å². The molecule has 0 saturated carbocycles. The summed E-state index contributed by atoms with van der Waals surface area (Å²) < 4.78 is 18.1. The molecule has 2 rings (SSSR count). The molecular formula is C15H18FN3O4. The van der Waals surface area contributed by atoms with E-state index in [4.69, 9.17) is 0 Å². The van der Waals surface area contributed by atoms with Crippen LogP contribution in [0.3, 0.4) is 0 Å². The van der Waals surface area contributed by atoms with Crippen LogP contribution in [0, 0.1) is 5.82 Å². The first-order valence-corrected chi connectivity index (χ1v) is 7.14. The number of anilines is 1. The molecule has 0 bridgehead atoms. The summed E-state index contributed by atoms with van der Waals surface area (Å²) in [6, 6.07) is 5.04. The first kappa shape index (κ1) is 16.9. The number of ether oxygens (including phenoxy) is 1. The number of benzene rings is 1. The summed E-state index contributed by atoms with van der Waals surface area (Å²) in [6.07, 6.45) is -0.144. The molecule has 2 N–H and O–H groups in total. The Balaban J connectivity index is 2.01. The van der Waals surface area contributed by atoms with Gasteiger partial charge in [-0.25, -0.2) is 4.39 Å². The highest BCUT2D eigenvalue weighted by Crippen LogP contribution is 2.14. The number of halogens is 1. The van der Waals surface area contributed by atoms with Gasteiger partial charge in [-0.05, 0) is 12.1 Å². The molecule has 1 saturated heterocycles. The van der Waals surface area contributed by atoms with Crippen molar-refractivity contribution in [3.8, 4) is 0 Å². The first-order valence-electron chi connectivity index (χ1n) is 7.14. The fourth-order valence-electron chi connectivity index (χ4n) is 2.35. The lowest BCUT2D eigenvalue weighted by Crippen LogP contribution is -2.57. The Morgan fingerprint density at radius 2 is 2.17 bits per heavy atom. The number of hydrogen-bond donors (Lipinski definition) is 2. The maximum Gasteiger partial charge on any atom is 0.307 e. The molecule has 1 fully saturated rings. The topological polar surface area (TPSA) is 87.7 Å². The third-order valence-corrected chi connectivity index (χ3v) is 3.52. The van der Waals surface area contributed by atoms with E-state index in [1.165, 1.54) is 25.3 Å². The highest BCUT2D eigenvalue weighted by molar-refractivity contribution is 5.93. The van der Waals surface area contributed by atoms with Crippen LogP contribution >= 0.6 is 0 Å². The number of hydrogen-bond acceptors (Lipinski definition) is 5. The average molecular weight is 323 g/mol. The fraction of sp³-hybridized carbons (Fsp3) is 0.400. The normalized spacial score (nSPS) is 18.2. The molecule has 1 aromatic rings. The molecule has 124 valence electrons. The Kier molecular flexibility index (Phi) is 5.64. The SMILES string of the molecule is COC(=O)C[C@@H]1C(=O)NCCN1CC(=O)Nc1ccccc1F. The van der Waals surface area contributed by atoms with E-state index in [1.807, 2.05) is 0 Å². The van der Waals surface area contributed by atoms with Gasteiger partial charge in [0.05, 0.1) is 25.8 Å². The molecule has 8 heteroatoms. The van der Waals surface area contributed by atoms with E-state index in [0.29, 0.717) is 13.1 Å². The number of carbonyl (C=O) groups excluding carboxylic acids is 3. The lowest BCUT2D eigenvalue weighted by Gasteiger charge is -2.33. The van der Waals surface area contributed by atoms with Crippen LogP contribution in [0.4, 0.5) is 10.1 Å². The number of para-hydroxylation sites is 1. The van der Waals surface area contributed by atoms with Crippen LogP contribution in [-0.4, -0.2) is 55.5 Å². The van der Waals surface area contributed by atoms with Gasteiger partial charge >= 0.3 is 5.97 Å². The molecule has 0 aliphatic carbocycles. The molecule has 1 aliphatic rings. The zero-order chi connectivity index (χ0) is 16.8. The number of carbonyl (C=O) groups is 3. The highest BCUT2D eigenvalue weighted by Gasteiger charge is 2.33. The third kappa shape index (κ3) is 4.49. The smallest absolute Gasteiger partial charge is 0.307 e. The average Bonchev–Trinajstić information content (AvgIpc) is 2.52. The summed E-state index contributed by atoms with van der Waals surface area (Å²) in [5.41, 5.74) is 0.0727. The van der Waals surface area contributed by atoms with Gasteiger partial charge in [-0.3, -0.25) is 19.3 Å². The Hall–Kier alpha value is -2.48. The van der Waals surface area contributed by atoms with Crippen LogP contribution in [-0.2, 0) is 19.1 Å². The Bertz CT molecular complexity index is 608. The predicted octanol–water partition coefficient (Wildman–Crippen LogP) is 0.128. The second-order valence-corrected chi connectivity index (χ2v) is 5.09. The largest absolute Gasteiger partial charge is 0.469 e. The molecule has 0 spiro atoms. The minimum Gasteiger partial charge on any atom is -0.469 e. The molecule has 2 amide bonds. The quantitative estimate of drug-likeness (QED) is 0.752. The van der Waals surface area contributed by atoms with Crippen molar-refractivity contribution in [2.24, 2.45) is 0 Å². The Morgan fingerprint density at radius 1 is 1.43 bits per heavy atom. The minimum atomic E-state index is -0.775. The summed E-state index contributed by atoms with van der Waals surface area (Å²) in [7, 11) is 1.23. The van der Waals surface area contributed by atoms with E-state index in [9.17, 15) is 18.8 Å². The van der Waals surface area contributed by atoms with E-state index < -0.39 is 23.7 Å². The molecule has 0 aromatic heterocycles. The van der Waals surface area contributed by atoms with Crippen molar-refractivity contribution in [3.63, 3.8) is 0 Å². The summed E-state index contributed by atoms with van der Waals surface area (Å²) in [5.74, 6) is -1.87. The standard InChI is InChI=1S/C15H18FN3O4/c1-23-14(21)8-12-15(22)17-6-7-19(12)9-13(20)18-11-5-3-2-4-10(11)16/h2-5,12H,6-9H2,1H3,(H,17,22)(H,18,20)/t12-/m1/s1. The lowest BCUT2D eigenvalue weighted by atomic mass is 10.1. The van der Waals surface area contributed by atoms with Gasteiger partial charge in [0.25, 0.3) is 0 Å². The zero-order valence-corrected chi connectivity index (χ0v) is 12.7. The number of amides is 2. The Morgan fingerprint density at radius 3 is 2.87 bits per heavy atom. The van der Waals surface area contributed by atoms with Gasteiger partial charge in [0, 0.05) is 13.1 Å². The van der Waals surface area contributed by atoms with Gasteiger partial charge in [-0.2, -0.15) is 0 Å². The van der Waals surface area contributed by atoms with Crippen molar-refractivity contribution in [1.82, 2.24) is 10.2 Å². The van der Waals surface area contributed by atoms with Gasteiger partial charge in [-0.15, -0.1) is 0 Å². The monoisotopic (exact) mass is 323 g/mol. The van der Waals surface area contributed by atoms with Crippen LogP contribution in [0.5, 0.6) is 0 Å². The second-order valence-electron chi connectivity index (χ2n) is 5.09. The van der Waals surface area contributed by atoms with Gasteiger partial charge in [0.15, 0.2) is 0 Å². The van der Waals surface area contributed by atoms with Gasteiger partial charge in [0.2, 0.25) is 11.8 Å². The Labute approximate surface area is 132 Å². The number of rotatable bonds is 5. The van der Waals surface area contributed by atoms with Gasteiger partial charge in [-0.1, -0.05) is 12.1 Å². The van der Waals surface area contributed by atoms with E-state index >= 15 is 0 Å². The fourth-order valence-corrected chi connectivity index (χ4v) is 2.35. The molecule has 7 nitrogen and oxygen atoms in total. The summed E-state index contributed by atoms with van der Waals surface area (Å²) in [5, 5.41) is 5.10. The number of esters is 1. The van der Waals surface area contributed by atoms with Crippen molar-refractivity contribution in [2.45, 2.75) is 12.5 Å². The molecule has 1 atom stereocenters. The van der Waals surface area contributed by atoms with E-state index in [-0.39, 0.29) is 24.6 Å². The van der Waals surface area contributed by atoms with E-state index in [2.05, 4.69) is 15.4 Å². The summed E-state index contributed by atoms with van der Waals surface area (Å²) in [6.45, 7) is 0.672. The number of nitrogens with zero attached hydrogens (tertiary/aromatic N) is 1. The maximum atomic E-state index is 13.5. The number of methoxy groups -OCH3 is 1. The maximum absolute atomic E-state index is 13.5. The molecule has 0 unspecified atom stereocenters. The number of piperazine rings is 1. The number of nitrogens with one attached hydrogen (secondary N) is 2. The van der Waals surface area contributed by atoms with Crippen molar-refractivity contribution >= 4 is 23.5 Å². The van der Waals surface area contributed by atoms with Crippen LogP contribution in [0.2, 0.25) is 0 Å². The van der Waals surface area contributed by atoms with Crippen LogP contribution in [0.25, 0.3) is 0 Å². The van der Waals surface area contributed by atoms with Crippen LogP contribution in [0.1, 0.15) is 6.42 Å². The first-order chi connectivity index (χ1) is 11.0. The minimum absolute atomic E-state index is 0.0727. The van der Waals surface area contributed by atoms with Crippen molar-refractivity contribution in [1.29, 1.82) is 0 Å². The molecule has 1 aromatic carbocycles. The molecule has 1 aliphatic heterocycles. The van der Waals surface area contributed by atoms with Crippen molar-refractivity contribution in [3.05, 3.63) is 30.1 Å². The third-order valence-electron chi connectivity index (χ3n) is 3.52. The van der Waals surface area contributed by atoms with Crippen LogP contribution in [0.15, 0.2) is 24.3 Å².